The van der Waals surface area contributed by atoms with Gasteiger partial charge in [0, 0.05) is 37.3 Å². The molecule has 18 heavy (non-hydrogen) atoms. The highest BCUT2D eigenvalue weighted by atomic mass is 32.2. The van der Waals surface area contributed by atoms with E-state index in [0.717, 1.165) is 49.7 Å². The third-order valence-electron chi connectivity index (χ3n) is 3.60. The van der Waals surface area contributed by atoms with Gasteiger partial charge in [-0.25, -0.2) is 8.42 Å². The average Bonchev–Trinajstić information content (AvgIpc) is 2.57. The molecule has 1 aromatic heterocycles. The summed E-state index contributed by atoms with van der Waals surface area (Å²) in [5.41, 5.74) is 1.89. The van der Waals surface area contributed by atoms with Crippen molar-refractivity contribution in [2.75, 3.05) is 36.8 Å². The fraction of sp³-hybridized carbons (Fsp3) is 0.727. The molecule has 0 aromatic carbocycles. The van der Waals surface area contributed by atoms with Crippen LogP contribution in [0.15, 0.2) is 0 Å². The van der Waals surface area contributed by atoms with Crippen molar-refractivity contribution in [1.82, 2.24) is 15.5 Å². The van der Waals surface area contributed by atoms with Gasteiger partial charge in [0.05, 0.1) is 11.5 Å². The first kappa shape index (κ1) is 12.0. The maximum Gasteiger partial charge on any atom is 0.155 e. The minimum atomic E-state index is -2.94. The molecule has 0 spiro atoms. The Hall–Kier alpha value is -1.08. The first-order chi connectivity index (χ1) is 8.66. The van der Waals surface area contributed by atoms with Gasteiger partial charge in [-0.15, -0.1) is 0 Å². The number of aromatic nitrogens is 2. The minimum Gasteiger partial charge on any atom is -0.354 e. The molecule has 0 aliphatic carbocycles. The normalized spacial score (nSPS) is 23.4. The number of H-pyrrole nitrogens is 1. The van der Waals surface area contributed by atoms with Crippen molar-refractivity contribution in [3.63, 3.8) is 0 Å². The lowest BCUT2D eigenvalue weighted by molar-refractivity contribution is 0.591. The zero-order valence-corrected chi connectivity index (χ0v) is 11.1. The lowest BCUT2D eigenvalue weighted by Crippen LogP contribution is -2.30. The van der Waals surface area contributed by atoms with Crippen LogP contribution in [0.25, 0.3) is 0 Å². The monoisotopic (exact) mass is 270 g/mol. The van der Waals surface area contributed by atoms with Crippen LogP contribution in [0.1, 0.15) is 17.7 Å². The minimum absolute atomic E-state index is 0.137. The van der Waals surface area contributed by atoms with E-state index < -0.39 is 9.84 Å². The zero-order valence-electron chi connectivity index (χ0n) is 10.3. The van der Waals surface area contributed by atoms with Crippen molar-refractivity contribution in [3.05, 3.63) is 11.3 Å². The quantitative estimate of drug-likeness (QED) is 0.731. The molecular weight excluding hydrogens is 252 g/mol. The third-order valence-corrected chi connectivity index (χ3v) is 5.15. The summed E-state index contributed by atoms with van der Waals surface area (Å²) in [4.78, 5) is 2.19. The van der Waals surface area contributed by atoms with Crippen LogP contribution in [0.5, 0.6) is 0 Å². The molecule has 0 unspecified atom stereocenters. The molecule has 0 saturated carbocycles. The second-order valence-corrected chi connectivity index (χ2v) is 7.12. The number of rotatable bonds is 1. The van der Waals surface area contributed by atoms with E-state index in [9.17, 15) is 8.42 Å². The van der Waals surface area contributed by atoms with Crippen LogP contribution >= 0.6 is 0 Å². The molecule has 0 atom stereocenters. The Bertz CT molecular complexity index is 529. The maximum atomic E-state index is 11.7. The smallest absolute Gasteiger partial charge is 0.155 e. The standard InChI is InChI=1S/C11H18N4O2S/c16-18(17)7-2-10-9(8-18)11(14-13-10)15-5-1-3-12-4-6-15/h12H,1-8H2,(H,13,14). The van der Waals surface area contributed by atoms with Crippen LogP contribution in [-0.2, 0) is 22.0 Å². The summed E-state index contributed by atoms with van der Waals surface area (Å²) in [6.45, 7) is 3.76. The van der Waals surface area contributed by atoms with Gasteiger partial charge < -0.3 is 10.2 Å². The first-order valence-electron chi connectivity index (χ1n) is 6.38. The van der Waals surface area contributed by atoms with Crippen molar-refractivity contribution in [2.45, 2.75) is 18.6 Å². The molecule has 2 aliphatic rings. The molecule has 7 heteroatoms. The van der Waals surface area contributed by atoms with E-state index in [2.05, 4.69) is 20.4 Å². The number of hydrogen-bond acceptors (Lipinski definition) is 5. The zero-order chi connectivity index (χ0) is 12.6. The highest BCUT2D eigenvalue weighted by molar-refractivity contribution is 7.90. The molecule has 1 saturated heterocycles. The maximum absolute atomic E-state index is 11.7. The summed E-state index contributed by atoms with van der Waals surface area (Å²) in [5.74, 6) is 1.22. The second kappa shape index (κ2) is 4.55. The van der Waals surface area contributed by atoms with E-state index in [1.54, 1.807) is 0 Å². The molecule has 3 heterocycles. The Morgan fingerprint density at radius 1 is 1.22 bits per heavy atom. The van der Waals surface area contributed by atoms with Gasteiger partial charge in [0.15, 0.2) is 15.7 Å². The van der Waals surface area contributed by atoms with E-state index in [0.29, 0.717) is 6.42 Å². The fourth-order valence-corrected chi connectivity index (χ4v) is 4.02. The van der Waals surface area contributed by atoms with Crippen LogP contribution in [-0.4, -0.2) is 50.5 Å². The molecule has 6 nitrogen and oxygen atoms in total. The van der Waals surface area contributed by atoms with Crippen LogP contribution < -0.4 is 10.2 Å². The van der Waals surface area contributed by atoms with Crippen LogP contribution in [0.2, 0.25) is 0 Å². The SMILES string of the molecule is O=S1(=O)CCc2[nH]nc(N3CCCNCC3)c2C1. The van der Waals surface area contributed by atoms with Gasteiger partial charge in [-0.1, -0.05) is 0 Å². The second-order valence-electron chi connectivity index (χ2n) is 4.94. The van der Waals surface area contributed by atoms with E-state index in [1.165, 1.54) is 0 Å². The summed E-state index contributed by atoms with van der Waals surface area (Å²) in [5, 5.41) is 10.7. The number of fused-ring (bicyclic) bond motifs is 1. The molecule has 0 radical (unpaired) electrons. The molecule has 2 aliphatic heterocycles. The van der Waals surface area contributed by atoms with Crippen molar-refractivity contribution in [3.8, 4) is 0 Å². The van der Waals surface area contributed by atoms with Crippen molar-refractivity contribution < 1.29 is 8.42 Å². The Morgan fingerprint density at radius 3 is 3.00 bits per heavy atom. The summed E-state index contributed by atoms with van der Waals surface area (Å²) in [6.07, 6.45) is 1.63. The number of anilines is 1. The number of aryl methyl sites for hydroxylation is 1. The van der Waals surface area contributed by atoms with Crippen LogP contribution in [0, 0.1) is 0 Å². The first-order valence-corrected chi connectivity index (χ1v) is 8.20. The van der Waals surface area contributed by atoms with Crippen LogP contribution in [0.4, 0.5) is 5.82 Å². The topological polar surface area (TPSA) is 78.1 Å². The highest BCUT2D eigenvalue weighted by Gasteiger charge is 2.28. The summed E-state index contributed by atoms with van der Waals surface area (Å²) in [6, 6.07) is 0. The predicted octanol–water partition coefficient (Wildman–Crippen LogP) is -0.320. The Labute approximate surface area is 107 Å². The molecule has 0 amide bonds. The van der Waals surface area contributed by atoms with Gasteiger partial charge in [0.25, 0.3) is 0 Å². The van der Waals surface area contributed by atoms with Crippen molar-refractivity contribution in [2.24, 2.45) is 0 Å². The number of hydrogen-bond donors (Lipinski definition) is 2. The van der Waals surface area contributed by atoms with Gasteiger partial charge in [-0.3, -0.25) is 5.10 Å². The van der Waals surface area contributed by atoms with Gasteiger partial charge >= 0.3 is 0 Å². The summed E-state index contributed by atoms with van der Waals surface area (Å²) < 4.78 is 23.5. The van der Waals surface area contributed by atoms with E-state index >= 15 is 0 Å². The predicted molar refractivity (Wildman–Crippen MR) is 69.5 cm³/mol. The van der Waals surface area contributed by atoms with Gasteiger partial charge in [0.2, 0.25) is 0 Å². The largest absolute Gasteiger partial charge is 0.354 e. The molecule has 3 rings (SSSR count). The molecule has 2 N–H and O–H groups in total. The van der Waals surface area contributed by atoms with Crippen molar-refractivity contribution >= 4 is 15.7 Å². The van der Waals surface area contributed by atoms with Gasteiger partial charge in [0.1, 0.15) is 0 Å². The molecule has 1 aromatic rings. The number of sulfone groups is 1. The summed E-state index contributed by atoms with van der Waals surface area (Å²) in [7, 11) is -2.94. The lowest BCUT2D eigenvalue weighted by Gasteiger charge is -2.22. The third kappa shape index (κ3) is 2.24. The van der Waals surface area contributed by atoms with E-state index in [1.807, 2.05) is 0 Å². The number of nitrogens with zero attached hydrogens (tertiary/aromatic N) is 2. The number of nitrogens with one attached hydrogen (secondary N) is 2. The average molecular weight is 270 g/mol. The van der Waals surface area contributed by atoms with E-state index in [-0.39, 0.29) is 11.5 Å². The van der Waals surface area contributed by atoms with E-state index in [4.69, 9.17) is 0 Å². The lowest BCUT2D eigenvalue weighted by atomic mass is 10.2. The Kier molecular flexibility index (Phi) is 3.03. The molecular formula is C11H18N4O2S. The van der Waals surface area contributed by atoms with Crippen molar-refractivity contribution in [1.29, 1.82) is 0 Å². The number of aromatic amines is 1. The Balaban J connectivity index is 1.91. The molecule has 0 bridgehead atoms. The Morgan fingerprint density at radius 2 is 2.11 bits per heavy atom. The molecule has 100 valence electrons. The van der Waals surface area contributed by atoms with Gasteiger partial charge in [-0.05, 0) is 13.0 Å². The van der Waals surface area contributed by atoms with Crippen LogP contribution in [0.3, 0.4) is 0 Å². The fourth-order valence-electron chi connectivity index (χ4n) is 2.62. The van der Waals surface area contributed by atoms with Gasteiger partial charge in [-0.2, -0.15) is 5.10 Å². The summed E-state index contributed by atoms with van der Waals surface area (Å²) >= 11 is 0. The highest BCUT2D eigenvalue weighted by Crippen LogP contribution is 2.28. The molecule has 1 fully saturated rings.